The van der Waals surface area contributed by atoms with Gasteiger partial charge in [0.15, 0.2) is 6.61 Å². The zero-order chi connectivity index (χ0) is 16.5. The zero-order valence-electron chi connectivity index (χ0n) is 13.9. The molecule has 24 heavy (non-hydrogen) atoms. The van der Waals surface area contributed by atoms with Crippen LogP contribution in [0.3, 0.4) is 0 Å². The maximum Gasteiger partial charge on any atom is 0.174 e. The van der Waals surface area contributed by atoms with E-state index in [-0.39, 0.29) is 6.61 Å². The normalized spacial score (nSPS) is 13.5. The largest absolute Gasteiger partial charge is 0.479 e. The summed E-state index contributed by atoms with van der Waals surface area (Å²) in [6.07, 6.45) is 4.98. The first-order valence-corrected chi connectivity index (χ1v) is 8.48. The number of rotatable bonds is 3. The third kappa shape index (κ3) is 2.45. The maximum atomic E-state index is 8.58. The van der Waals surface area contributed by atoms with Crippen LogP contribution in [0, 0.1) is 11.3 Å². The number of nitrogens with zero attached hydrogens (tertiary/aromatic N) is 2. The predicted molar refractivity (Wildman–Crippen MR) is 96.1 cm³/mol. The van der Waals surface area contributed by atoms with E-state index in [9.17, 15) is 0 Å². The molecule has 0 radical (unpaired) electrons. The summed E-state index contributed by atoms with van der Waals surface area (Å²) in [6, 6.07) is 16.7. The second-order valence-corrected chi connectivity index (χ2v) is 6.39. The summed E-state index contributed by atoms with van der Waals surface area (Å²) in [6.45, 7) is 0.0848. The van der Waals surface area contributed by atoms with Crippen molar-refractivity contribution in [2.45, 2.75) is 25.7 Å². The van der Waals surface area contributed by atoms with Crippen molar-refractivity contribution >= 4 is 10.9 Å². The van der Waals surface area contributed by atoms with Gasteiger partial charge in [-0.3, -0.25) is 0 Å². The van der Waals surface area contributed by atoms with Crippen molar-refractivity contribution in [2.75, 3.05) is 6.61 Å². The highest BCUT2D eigenvalue weighted by atomic mass is 16.5. The van der Waals surface area contributed by atoms with Crippen LogP contribution in [0.5, 0.6) is 5.75 Å². The molecule has 0 aliphatic heterocycles. The third-order valence-electron chi connectivity index (χ3n) is 5.02. The van der Waals surface area contributed by atoms with Crippen molar-refractivity contribution in [1.82, 2.24) is 4.57 Å². The first-order valence-electron chi connectivity index (χ1n) is 8.48. The molecule has 3 heteroatoms. The Morgan fingerprint density at radius 1 is 1.04 bits per heavy atom. The van der Waals surface area contributed by atoms with Crippen LogP contribution >= 0.6 is 0 Å². The minimum absolute atomic E-state index is 0.0848. The van der Waals surface area contributed by atoms with Crippen LogP contribution < -0.4 is 4.74 Å². The van der Waals surface area contributed by atoms with E-state index in [1.807, 2.05) is 18.2 Å². The summed E-state index contributed by atoms with van der Waals surface area (Å²) >= 11 is 0. The van der Waals surface area contributed by atoms with Gasteiger partial charge in [-0.1, -0.05) is 18.2 Å². The lowest BCUT2D eigenvalue weighted by atomic mass is 9.94. The van der Waals surface area contributed by atoms with Crippen molar-refractivity contribution in [2.24, 2.45) is 7.05 Å². The van der Waals surface area contributed by atoms with Crippen LogP contribution in [0.2, 0.25) is 0 Å². The first kappa shape index (κ1) is 14.8. The van der Waals surface area contributed by atoms with E-state index in [4.69, 9.17) is 10.00 Å². The monoisotopic (exact) mass is 316 g/mol. The molecule has 0 saturated heterocycles. The lowest BCUT2D eigenvalue weighted by molar-refractivity contribution is 0.368. The second-order valence-electron chi connectivity index (χ2n) is 6.39. The Balaban J connectivity index is 1.74. The van der Waals surface area contributed by atoms with Crippen molar-refractivity contribution in [3.05, 3.63) is 53.7 Å². The highest BCUT2D eigenvalue weighted by Gasteiger charge is 2.18. The lowest BCUT2D eigenvalue weighted by Gasteiger charge is -2.13. The van der Waals surface area contributed by atoms with Gasteiger partial charge in [0, 0.05) is 23.6 Å². The molecule has 0 atom stereocenters. The molecular weight excluding hydrogens is 296 g/mol. The molecule has 120 valence electrons. The highest BCUT2D eigenvalue weighted by molar-refractivity contribution is 5.90. The Kier molecular flexibility index (Phi) is 3.74. The van der Waals surface area contributed by atoms with Crippen LogP contribution in [0.15, 0.2) is 42.5 Å². The van der Waals surface area contributed by atoms with Crippen LogP contribution in [-0.4, -0.2) is 11.2 Å². The third-order valence-corrected chi connectivity index (χ3v) is 5.02. The van der Waals surface area contributed by atoms with E-state index in [2.05, 4.69) is 41.9 Å². The topological polar surface area (TPSA) is 38.0 Å². The SMILES string of the molecule is Cn1c2c(c3cc(-c4ccc(OCC#N)cc4)ccc31)CCCC2. The van der Waals surface area contributed by atoms with Crippen molar-refractivity contribution in [1.29, 1.82) is 5.26 Å². The fourth-order valence-electron chi connectivity index (χ4n) is 3.80. The number of nitriles is 1. The van der Waals surface area contributed by atoms with Crippen molar-refractivity contribution < 1.29 is 4.74 Å². The molecule has 4 rings (SSSR count). The standard InChI is InChI=1S/C21H20N2O/c1-23-20-5-3-2-4-18(20)19-14-16(8-11-21(19)23)15-6-9-17(10-7-15)24-13-12-22/h6-11,14H,2-5,13H2,1H3. The zero-order valence-corrected chi connectivity index (χ0v) is 13.9. The minimum Gasteiger partial charge on any atom is -0.479 e. The fraction of sp³-hybridized carbons (Fsp3) is 0.286. The van der Waals surface area contributed by atoms with E-state index in [0.717, 1.165) is 5.75 Å². The Hall–Kier alpha value is -2.73. The molecule has 1 heterocycles. The summed E-state index contributed by atoms with van der Waals surface area (Å²) < 4.78 is 7.70. The maximum absolute atomic E-state index is 8.58. The van der Waals surface area contributed by atoms with Gasteiger partial charge in [-0.2, -0.15) is 5.26 Å². The molecule has 0 unspecified atom stereocenters. The number of fused-ring (bicyclic) bond motifs is 3. The van der Waals surface area contributed by atoms with Crippen molar-refractivity contribution in [3.8, 4) is 22.9 Å². The molecular formula is C21H20N2O. The molecule has 0 saturated carbocycles. The van der Waals surface area contributed by atoms with E-state index < -0.39 is 0 Å². The van der Waals surface area contributed by atoms with Crippen LogP contribution in [0.25, 0.3) is 22.0 Å². The lowest BCUT2D eigenvalue weighted by Crippen LogP contribution is -2.04. The van der Waals surface area contributed by atoms with Gasteiger partial charge in [0.25, 0.3) is 0 Å². The average Bonchev–Trinajstić information content (AvgIpc) is 2.93. The molecule has 0 N–H and O–H groups in total. The smallest absolute Gasteiger partial charge is 0.174 e. The van der Waals surface area contributed by atoms with E-state index in [1.165, 1.54) is 59.0 Å². The van der Waals surface area contributed by atoms with Crippen LogP contribution in [0.1, 0.15) is 24.1 Å². The Morgan fingerprint density at radius 2 is 1.79 bits per heavy atom. The second kappa shape index (κ2) is 6.05. The number of ether oxygens (including phenoxy) is 1. The molecule has 1 aliphatic rings. The van der Waals surface area contributed by atoms with Gasteiger partial charge in [-0.15, -0.1) is 0 Å². The van der Waals surface area contributed by atoms with Crippen LogP contribution in [0.4, 0.5) is 0 Å². The molecule has 1 aliphatic carbocycles. The minimum atomic E-state index is 0.0848. The average molecular weight is 316 g/mol. The number of benzene rings is 2. The molecule has 2 aromatic carbocycles. The van der Waals surface area contributed by atoms with E-state index in [1.54, 1.807) is 0 Å². The van der Waals surface area contributed by atoms with Gasteiger partial charge in [0.05, 0.1) is 0 Å². The summed E-state index contributed by atoms with van der Waals surface area (Å²) in [5.74, 6) is 0.735. The van der Waals surface area contributed by atoms with Crippen molar-refractivity contribution in [3.63, 3.8) is 0 Å². The van der Waals surface area contributed by atoms with Gasteiger partial charge in [-0.05, 0) is 66.6 Å². The van der Waals surface area contributed by atoms with Gasteiger partial charge < -0.3 is 9.30 Å². The Labute approximate surface area is 142 Å². The molecule has 0 amide bonds. The van der Waals surface area contributed by atoms with E-state index in [0.29, 0.717) is 0 Å². The molecule has 0 bridgehead atoms. The summed E-state index contributed by atoms with van der Waals surface area (Å²) in [7, 11) is 2.19. The Bertz CT molecular complexity index is 929. The molecule has 0 spiro atoms. The van der Waals surface area contributed by atoms with E-state index >= 15 is 0 Å². The van der Waals surface area contributed by atoms with Gasteiger partial charge in [0.1, 0.15) is 11.8 Å². The summed E-state index contributed by atoms with van der Waals surface area (Å²) in [5, 5.41) is 9.98. The number of hydrogen-bond acceptors (Lipinski definition) is 2. The fourth-order valence-corrected chi connectivity index (χ4v) is 3.80. The summed E-state index contributed by atoms with van der Waals surface area (Å²) in [4.78, 5) is 0. The quantitative estimate of drug-likeness (QED) is 0.706. The number of aryl methyl sites for hydroxylation is 2. The van der Waals surface area contributed by atoms with Gasteiger partial charge in [-0.25, -0.2) is 0 Å². The summed E-state index contributed by atoms with van der Waals surface area (Å²) in [5.41, 5.74) is 6.78. The van der Waals surface area contributed by atoms with Gasteiger partial charge in [0.2, 0.25) is 0 Å². The predicted octanol–water partition coefficient (Wildman–Crippen LogP) is 4.63. The van der Waals surface area contributed by atoms with Crippen LogP contribution in [-0.2, 0) is 19.9 Å². The molecule has 1 aromatic heterocycles. The molecule has 3 nitrogen and oxygen atoms in total. The first-order chi connectivity index (χ1) is 11.8. The van der Waals surface area contributed by atoms with Gasteiger partial charge >= 0.3 is 0 Å². The Morgan fingerprint density at radius 3 is 2.58 bits per heavy atom. The highest BCUT2D eigenvalue weighted by Crippen LogP contribution is 2.34. The molecule has 0 fully saturated rings. The molecule has 3 aromatic rings. The number of aromatic nitrogens is 1. The number of hydrogen-bond donors (Lipinski definition) is 0.